The number of hydrogen-bond acceptors (Lipinski definition) is 3. The predicted octanol–water partition coefficient (Wildman–Crippen LogP) is 2.28. The molecule has 1 fully saturated rings. The maximum atomic E-state index is 12.3. The van der Waals surface area contributed by atoms with Crippen LogP contribution in [0, 0.1) is 5.92 Å². The summed E-state index contributed by atoms with van der Waals surface area (Å²) in [5.41, 5.74) is 0.0925. The minimum atomic E-state index is -0.553. The lowest BCUT2D eigenvalue weighted by Gasteiger charge is -2.15. The summed E-state index contributed by atoms with van der Waals surface area (Å²) in [6.45, 7) is 3.54. The second-order valence-corrected chi connectivity index (χ2v) is 5.13. The Labute approximate surface area is 110 Å². The molecule has 0 N–H and O–H groups in total. The largest absolute Gasteiger partial charge is 0.422 e. The SMILES string of the molecule is CC1CCN(C(=O)c2cc3ccccc3oc2=O)C1. The highest BCUT2D eigenvalue weighted by molar-refractivity contribution is 5.96. The fraction of sp³-hybridized carbons (Fsp3) is 0.333. The lowest BCUT2D eigenvalue weighted by Crippen LogP contribution is -2.32. The Morgan fingerprint density at radius 1 is 1.37 bits per heavy atom. The molecular formula is C15H15NO3. The van der Waals surface area contributed by atoms with Gasteiger partial charge in [0.1, 0.15) is 11.1 Å². The van der Waals surface area contributed by atoms with E-state index >= 15 is 0 Å². The van der Waals surface area contributed by atoms with Crippen LogP contribution >= 0.6 is 0 Å². The molecule has 4 heteroatoms. The van der Waals surface area contributed by atoms with Gasteiger partial charge in [0.05, 0.1) is 0 Å². The maximum absolute atomic E-state index is 12.3. The third kappa shape index (κ3) is 2.14. The number of para-hydroxylation sites is 1. The Bertz CT molecular complexity index is 689. The molecule has 3 rings (SSSR count). The summed E-state index contributed by atoms with van der Waals surface area (Å²) >= 11 is 0. The van der Waals surface area contributed by atoms with Crippen LogP contribution in [0.3, 0.4) is 0 Å². The first-order chi connectivity index (χ1) is 9.15. The lowest BCUT2D eigenvalue weighted by molar-refractivity contribution is 0.0784. The molecule has 1 amide bonds. The molecule has 1 atom stereocenters. The lowest BCUT2D eigenvalue weighted by atomic mass is 10.1. The van der Waals surface area contributed by atoms with Crippen molar-refractivity contribution in [1.29, 1.82) is 0 Å². The van der Waals surface area contributed by atoms with E-state index in [0.717, 1.165) is 11.8 Å². The molecule has 1 unspecified atom stereocenters. The molecule has 1 aromatic carbocycles. The van der Waals surface area contributed by atoms with Crippen LogP contribution in [0.5, 0.6) is 0 Å². The Balaban J connectivity index is 2.02. The monoisotopic (exact) mass is 257 g/mol. The highest BCUT2D eigenvalue weighted by Crippen LogP contribution is 2.19. The van der Waals surface area contributed by atoms with E-state index in [9.17, 15) is 9.59 Å². The highest BCUT2D eigenvalue weighted by Gasteiger charge is 2.26. The predicted molar refractivity (Wildman–Crippen MR) is 72.2 cm³/mol. The average Bonchev–Trinajstić information content (AvgIpc) is 2.84. The van der Waals surface area contributed by atoms with Gasteiger partial charge in [-0.05, 0) is 24.5 Å². The van der Waals surface area contributed by atoms with Crippen molar-refractivity contribution < 1.29 is 9.21 Å². The van der Waals surface area contributed by atoms with Gasteiger partial charge < -0.3 is 9.32 Å². The Hall–Kier alpha value is -2.10. The Morgan fingerprint density at radius 2 is 2.16 bits per heavy atom. The van der Waals surface area contributed by atoms with Gasteiger partial charge >= 0.3 is 5.63 Å². The number of carbonyl (C=O) groups is 1. The molecule has 0 spiro atoms. The zero-order chi connectivity index (χ0) is 13.4. The zero-order valence-corrected chi connectivity index (χ0v) is 10.8. The molecule has 1 saturated heterocycles. The summed E-state index contributed by atoms with van der Waals surface area (Å²) in [5.74, 6) is 0.278. The second-order valence-electron chi connectivity index (χ2n) is 5.13. The molecule has 98 valence electrons. The van der Waals surface area contributed by atoms with Crippen molar-refractivity contribution in [2.45, 2.75) is 13.3 Å². The summed E-state index contributed by atoms with van der Waals surface area (Å²) in [5, 5.41) is 0.776. The molecule has 2 aromatic rings. The van der Waals surface area contributed by atoms with E-state index in [2.05, 4.69) is 6.92 Å². The summed E-state index contributed by atoms with van der Waals surface area (Å²) in [7, 11) is 0. The normalized spacial score (nSPS) is 19.0. The van der Waals surface area contributed by atoms with Crippen molar-refractivity contribution in [2.24, 2.45) is 5.92 Å². The van der Waals surface area contributed by atoms with Crippen LogP contribution in [0.15, 0.2) is 39.5 Å². The van der Waals surface area contributed by atoms with Gasteiger partial charge in [-0.25, -0.2) is 4.79 Å². The maximum Gasteiger partial charge on any atom is 0.349 e. The number of fused-ring (bicyclic) bond motifs is 1. The van der Waals surface area contributed by atoms with Gasteiger partial charge in [0.15, 0.2) is 0 Å². The van der Waals surface area contributed by atoms with Crippen molar-refractivity contribution in [1.82, 2.24) is 4.90 Å². The van der Waals surface area contributed by atoms with Crippen molar-refractivity contribution in [3.8, 4) is 0 Å². The van der Waals surface area contributed by atoms with Crippen LogP contribution < -0.4 is 5.63 Å². The van der Waals surface area contributed by atoms with Gasteiger partial charge in [0, 0.05) is 18.5 Å². The average molecular weight is 257 g/mol. The fourth-order valence-electron chi connectivity index (χ4n) is 2.50. The van der Waals surface area contributed by atoms with Crippen LogP contribution in [0.1, 0.15) is 23.7 Å². The fourth-order valence-corrected chi connectivity index (χ4v) is 2.50. The van der Waals surface area contributed by atoms with E-state index in [1.54, 1.807) is 23.1 Å². The Morgan fingerprint density at radius 3 is 2.89 bits per heavy atom. The molecule has 1 aliphatic rings. The van der Waals surface area contributed by atoms with Gasteiger partial charge in [-0.15, -0.1) is 0 Å². The van der Waals surface area contributed by atoms with Gasteiger partial charge in [-0.3, -0.25) is 4.79 Å². The quantitative estimate of drug-likeness (QED) is 0.736. The molecule has 4 nitrogen and oxygen atoms in total. The minimum Gasteiger partial charge on any atom is -0.422 e. The van der Waals surface area contributed by atoms with Crippen molar-refractivity contribution in [3.63, 3.8) is 0 Å². The molecule has 1 aromatic heterocycles. The van der Waals surface area contributed by atoms with Gasteiger partial charge in [-0.1, -0.05) is 25.1 Å². The van der Waals surface area contributed by atoms with Crippen molar-refractivity contribution >= 4 is 16.9 Å². The summed E-state index contributed by atoms with van der Waals surface area (Å²) < 4.78 is 5.20. The number of benzene rings is 1. The standard InChI is InChI=1S/C15H15NO3/c1-10-6-7-16(9-10)14(17)12-8-11-4-2-3-5-13(11)19-15(12)18/h2-5,8,10H,6-7,9H2,1H3. The molecule has 19 heavy (non-hydrogen) atoms. The van der Waals surface area contributed by atoms with Crippen LogP contribution in [0.2, 0.25) is 0 Å². The molecule has 0 aliphatic carbocycles. The van der Waals surface area contributed by atoms with E-state index in [0.29, 0.717) is 24.6 Å². The summed E-state index contributed by atoms with van der Waals surface area (Å²) in [4.78, 5) is 25.9. The van der Waals surface area contributed by atoms with Crippen molar-refractivity contribution in [3.05, 3.63) is 46.3 Å². The first-order valence-corrected chi connectivity index (χ1v) is 6.47. The van der Waals surface area contributed by atoms with E-state index < -0.39 is 5.63 Å². The van der Waals surface area contributed by atoms with E-state index in [4.69, 9.17) is 4.42 Å². The number of likely N-dealkylation sites (tertiary alicyclic amines) is 1. The summed E-state index contributed by atoms with van der Waals surface area (Å²) in [6.07, 6.45) is 0.991. The highest BCUT2D eigenvalue weighted by atomic mass is 16.4. The molecule has 2 heterocycles. The van der Waals surface area contributed by atoms with Gasteiger partial charge in [0.25, 0.3) is 5.91 Å². The number of rotatable bonds is 1. The smallest absolute Gasteiger partial charge is 0.349 e. The molecule has 1 aliphatic heterocycles. The van der Waals surface area contributed by atoms with E-state index in [1.165, 1.54) is 0 Å². The van der Waals surface area contributed by atoms with Crippen LogP contribution in [-0.2, 0) is 0 Å². The first-order valence-electron chi connectivity index (χ1n) is 6.47. The van der Waals surface area contributed by atoms with Gasteiger partial charge in [0.2, 0.25) is 0 Å². The zero-order valence-electron chi connectivity index (χ0n) is 10.8. The molecule has 0 radical (unpaired) electrons. The van der Waals surface area contributed by atoms with Crippen molar-refractivity contribution in [2.75, 3.05) is 13.1 Å². The number of carbonyl (C=O) groups excluding carboxylic acids is 1. The second kappa shape index (κ2) is 4.53. The molecule has 0 bridgehead atoms. The Kier molecular flexibility index (Phi) is 2.85. The summed E-state index contributed by atoms with van der Waals surface area (Å²) in [6, 6.07) is 8.85. The molecular weight excluding hydrogens is 242 g/mol. The van der Waals surface area contributed by atoms with Crippen LogP contribution in [-0.4, -0.2) is 23.9 Å². The van der Waals surface area contributed by atoms with E-state index in [-0.39, 0.29) is 11.5 Å². The number of amides is 1. The topological polar surface area (TPSA) is 50.5 Å². The minimum absolute atomic E-state index is 0.132. The van der Waals surface area contributed by atoms with Crippen LogP contribution in [0.4, 0.5) is 0 Å². The first kappa shape index (κ1) is 12.0. The molecule has 0 saturated carbocycles. The van der Waals surface area contributed by atoms with Gasteiger partial charge in [-0.2, -0.15) is 0 Å². The number of nitrogens with zero attached hydrogens (tertiary/aromatic N) is 1. The van der Waals surface area contributed by atoms with Crippen LogP contribution in [0.25, 0.3) is 11.0 Å². The third-order valence-electron chi connectivity index (χ3n) is 3.58. The number of hydrogen-bond donors (Lipinski definition) is 0. The van der Waals surface area contributed by atoms with E-state index in [1.807, 2.05) is 12.1 Å². The third-order valence-corrected chi connectivity index (χ3v) is 3.58.